The van der Waals surface area contributed by atoms with Crippen LogP contribution in [0.25, 0.3) is 0 Å². The Bertz CT molecular complexity index is 724. The number of aryl methyl sites for hydroxylation is 2. The molecule has 0 fully saturated rings. The van der Waals surface area contributed by atoms with Gasteiger partial charge in [0.25, 0.3) is 0 Å². The van der Waals surface area contributed by atoms with Crippen LogP contribution >= 0.6 is 15.9 Å². The molecule has 0 amide bonds. The second kappa shape index (κ2) is 6.66. The van der Waals surface area contributed by atoms with Crippen molar-refractivity contribution in [1.29, 1.82) is 0 Å². The van der Waals surface area contributed by atoms with E-state index in [1.165, 1.54) is 12.1 Å². The van der Waals surface area contributed by atoms with Crippen LogP contribution < -0.4 is 4.74 Å². The van der Waals surface area contributed by atoms with Gasteiger partial charge in [-0.2, -0.15) is 4.99 Å². The Morgan fingerprint density at radius 3 is 2.76 bits per heavy atom. The van der Waals surface area contributed by atoms with Crippen LogP contribution in [0.2, 0.25) is 0 Å². The lowest BCUT2D eigenvalue weighted by molar-refractivity contribution is 0.302. The maximum absolute atomic E-state index is 13.6. The minimum atomic E-state index is -0.311. The summed E-state index contributed by atoms with van der Waals surface area (Å²) in [4.78, 5) is 14.1. The second-order valence-electron chi connectivity index (χ2n) is 4.60. The van der Waals surface area contributed by atoms with Gasteiger partial charge in [0.1, 0.15) is 18.2 Å². The first kappa shape index (κ1) is 15.4. The third-order valence-corrected chi connectivity index (χ3v) is 3.83. The second-order valence-corrected chi connectivity index (χ2v) is 5.45. The highest BCUT2D eigenvalue weighted by molar-refractivity contribution is 9.10. The maximum atomic E-state index is 13.6. The van der Waals surface area contributed by atoms with Crippen molar-refractivity contribution in [3.05, 3.63) is 57.3 Å². The van der Waals surface area contributed by atoms with Crippen molar-refractivity contribution in [3.63, 3.8) is 0 Å². The number of isocyanates is 1. The van der Waals surface area contributed by atoms with Gasteiger partial charge in [0.15, 0.2) is 0 Å². The van der Waals surface area contributed by atoms with Gasteiger partial charge >= 0.3 is 0 Å². The normalized spacial score (nSPS) is 10.1. The molecule has 0 aliphatic rings. The molecule has 108 valence electrons. The van der Waals surface area contributed by atoms with Gasteiger partial charge in [-0.25, -0.2) is 9.18 Å². The monoisotopic (exact) mass is 349 g/mol. The summed E-state index contributed by atoms with van der Waals surface area (Å²) in [7, 11) is 0. The van der Waals surface area contributed by atoms with Crippen LogP contribution in [0.15, 0.2) is 39.8 Å². The zero-order chi connectivity index (χ0) is 15.4. The molecule has 0 saturated carbocycles. The number of ether oxygens (including phenoxy) is 1. The fourth-order valence-corrected chi connectivity index (χ4v) is 2.43. The molecule has 0 bridgehead atoms. The van der Waals surface area contributed by atoms with Crippen LogP contribution in [0.5, 0.6) is 5.75 Å². The van der Waals surface area contributed by atoms with Crippen LogP contribution in [-0.4, -0.2) is 6.08 Å². The molecule has 0 radical (unpaired) electrons. The molecule has 0 saturated heterocycles. The van der Waals surface area contributed by atoms with Crippen molar-refractivity contribution >= 4 is 27.7 Å². The first-order valence-electron chi connectivity index (χ1n) is 6.27. The molecule has 0 N–H and O–H groups in total. The lowest BCUT2D eigenvalue weighted by atomic mass is 10.1. The molecule has 0 heterocycles. The highest BCUT2D eigenvalue weighted by atomic mass is 79.9. The number of nitrogens with zero attached hydrogens (tertiary/aromatic N) is 1. The Kier molecular flexibility index (Phi) is 4.89. The van der Waals surface area contributed by atoms with Gasteiger partial charge in [0.2, 0.25) is 6.08 Å². The molecule has 2 aromatic carbocycles. The first-order chi connectivity index (χ1) is 10.0. The van der Waals surface area contributed by atoms with E-state index < -0.39 is 0 Å². The predicted octanol–water partition coefficient (Wildman–Crippen LogP) is 4.75. The van der Waals surface area contributed by atoms with Crippen LogP contribution in [0, 0.1) is 19.7 Å². The minimum absolute atomic E-state index is 0.172. The summed E-state index contributed by atoms with van der Waals surface area (Å²) in [5.41, 5.74) is 2.61. The van der Waals surface area contributed by atoms with Crippen LogP contribution in [0.1, 0.15) is 16.7 Å². The van der Waals surface area contributed by atoms with E-state index >= 15 is 0 Å². The van der Waals surface area contributed by atoms with Crippen molar-refractivity contribution in [1.82, 2.24) is 0 Å². The van der Waals surface area contributed by atoms with Crippen molar-refractivity contribution in [2.75, 3.05) is 0 Å². The van der Waals surface area contributed by atoms with Gasteiger partial charge in [-0.3, -0.25) is 0 Å². The molecule has 0 aliphatic heterocycles. The highest BCUT2D eigenvalue weighted by Crippen LogP contribution is 2.29. The zero-order valence-electron chi connectivity index (χ0n) is 11.6. The number of rotatable bonds is 4. The molecule has 0 atom stereocenters. The van der Waals surface area contributed by atoms with Crippen LogP contribution in [0.3, 0.4) is 0 Å². The number of hydrogen-bond donors (Lipinski definition) is 0. The Hall–Kier alpha value is -1.97. The largest absolute Gasteiger partial charge is 0.488 e. The molecule has 21 heavy (non-hydrogen) atoms. The Morgan fingerprint density at radius 2 is 2.05 bits per heavy atom. The first-order valence-corrected chi connectivity index (χ1v) is 7.07. The van der Waals surface area contributed by atoms with Gasteiger partial charge in [-0.05, 0) is 43.2 Å². The van der Waals surface area contributed by atoms with Crippen molar-refractivity contribution in [3.8, 4) is 5.75 Å². The van der Waals surface area contributed by atoms with Gasteiger partial charge in [0.05, 0.1) is 5.69 Å². The molecule has 2 rings (SSSR count). The van der Waals surface area contributed by atoms with Gasteiger partial charge < -0.3 is 4.74 Å². The topological polar surface area (TPSA) is 38.7 Å². The molecule has 3 nitrogen and oxygen atoms in total. The summed E-state index contributed by atoms with van der Waals surface area (Å²) < 4.78 is 20.0. The highest BCUT2D eigenvalue weighted by Gasteiger charge is 2.10. The smallest absolute Gasteiger partial charge is 0.240 e. The number of benzene rings is 2. The van der Waals surface area contributed by atoms with Crippen molar-refractivity contribution < 1.29 is 13.9 Å². The van der Waals surface area contributed by atoms with E-state index in [0.717, 1.165) is 10.0 Å². The van der Waals surface area contributed by atoms with E-state index in [4.69, 9.17) is 4.74 Å². The Labute approximate surface area is 130 Å². The van der Waals surface area contributed by atoms with Crippen LogP contribution in [-0.2, 0) is 11.4 Å². The van der Waals surface area contributed by atoms with E-state index in [1.807, 2.05) is 13.0 Å². The third-order valence-electron chi connectivity index (χ3n) is 3.09. The fourth-order valence-electron chi connectivity index (χ4n) is 1.96. The van der Waals surface area contributed by atoms with E-state index in [2.05, 4.69) is 20.9 Å². The van der Waals surface area contributed by atoms with Crippen molar-refractivity contribution in [2.45, 2.75) is 20.5 Å². The zero-order valence-corrected chi connectivity index (χ0v) is 13.2. The molecule has 2 aromatic rings. The summed E-state index contributed by atoms with van der Waals surface area (Å²) in [6.45, 7) is 3.73. The Balaban J connectivity index is 2.28. The SMILES string of the molecule is Cc1cc(C)c(OCc2c(Br)cccc2N=C=O)cc1F. The number of hydrogen-bond acceptors (Lipinski definition) is 3. The average molecular weight is 350 g/mol. The number of carbonyl (C=O) groups excluding carboxylic acids is 1. The molecule has 0 spiro atoms. The summed E-state index contributed by atoms with van der Waals surface area (Å²) >= 11 is 3.39. The lowest BCUT2D eigenvalue weighted by Gasteiger charge is -2.12. The van der Waals surface area contributed by atoms with E-state index in [1.54, 1.807) is 25.1 Å². The summed E-state index contributed by atoms with van der Waals surface area (Å²) in [5, 5.41) is 0. The van der Waals surface area contributed by atoms with Gasteiger partial charge in [-0.1, -0.05) is 22.0 Å². The summed E-state index contributed by atoms with van der Waals surface area (Å²) in [6.07, 6.45) is 1.52. The van der Waals surface area contributed by atoms with E-state index in [9.17, 15) is 9.18 Å². The number of halogens is 2. The molecular formula is C16H13BrFNO2. The van der Waals surface area contributed by atoms with Gasteiger partial charge in [0, 0.05) is 16.1 Å². The quantitative estimate of drug-likeness (QED) is 0.590. The van der Waals surface area contributed by atoms with E-state index in [0.29, 0.717) is 22.6 Å². The standard InChI is InChI=1S/C16H13BrFNO2/c1-10-6-11(2)16(7-14(10)18)21-8-12-13(17)4-3-5-15(12)19-9-20/h3-7H,8H2,1-2H3. The van der Waals surface area contributed by atoms with Crippen LogP contribution in [0.4, 0.5) is 10.1 Å². The molecule has 0 unspecified atom stereocenters. The lowest BCUT2D eigenvalue weighted by Crippen LogP contribution is -2.00. The van der Waals surface area contributed by atoms with E-state index in [-0.39, 0.29) is 12.4 Å². The minimum Gasteiger partial charge on any atom is -0.488 e. The van der Waals surface area contributed by atoms with Gasteiger partial charge in [-0.15, -0.1) is 0 Å². The predicted molar refractivity (Wildman–Crippen MR) is 82.1 cm³/mol. The molecule has 0 aromatic heterocycles. The summed E-state index contributed by atoms with van der Waals surface area (Å²) in [6, 6.07) is 8.38. The molecular weight excluding hydrogens is 337 g/mol. The maximum Gasteiger partial charge on any atom is 0.240 e. The summed E-state index contributed by atoms with van der Waals surface area (Å²) in [5.74, 6) is 0.156. The number of aliphatic imine (C=N–C) groups is 1. The fraction of sp³-hybridized carbons (Fsp3) is 0.188. The average Bonchev–Trinajstić information content (AvgIpc) is 2.44. The molecule has 5 heteroatoms. The third kappa shape index (κ3) is 3.57. The molecule has 0 aliphatic carbocycles. The Morgan fingerprint density at radius 1 is 1.29 bits per heavy atom. The van der Waals surface area contributed by atoms with Crippen molar-refractivity contribution in [2.24, 2.45) is 4.99 Å².